The zero-order chi connectivity index (χ0) is 8.81. The molecule has 1 saturated carbocycles. The van der Waals surface area contributed by atoms with E-state index in [0.29, 0.717) is 0 Å². The third-order valence-electron chi connectivity index (χ3n) is 2.78. The monoisotopic (exact) mass is 165 g/mol. The van der Waals surface area contributed by atoms with Crippen LogP contribution in [0.15, 0.2) is 0 Å². The minimum absolute atomic E-state index is 0.753. The van der Waals surface area contributed by atoms with Gasteiger partial charge in [0.15, 0.2) is 0 Å². The summed E-state index contributed by atoms with van der Waals surface area (Å²) in [6.45, 7) is 3.27. The summed E-state index contributed by atoms with van der Waals surface area (Å²) in [5, 5.41) is 3.53. The molecule has 2 unspecified atom stereocenters. The van der Waals surface area contributed by atoms with Crippen molar-refractivity contribution in [2.24, 2.45) is 5.92 Å². The Hall–Kier alpha value is -0.480. The van der Waals surface area contributed by atoms with Gasteiger partial charge in [-0.3, -0.25) is 0 Å². The number of terminal acetylenes is 1. The molecule has 1 aliphatic carbocycles. The number of rotatable bonds is 4. The van der Waals surface area contributed by atoms with E-state index in [0.717, 1.165) is 24.9 Å². The van der Waals surface area contributed by atoms with Crippen molar-refractivity contribution in [1.82, 2.24) is 5.32 Å². The van der Waals surface area contributed by atoms with Crippen LogP contribution in [-0.2, 0) is 0 Å². The molecule has 0 spiro atoms. The molecule has 0 aromatic rings. The fourth-order valence-corrected chi connectivity index (χ4v) is 2.18. The second kappa shape index (κ2) is 5.22. The van der Waals surface area contributed by atoms with Crippen LogP contribution in [0.2, 0.25) is 0 Å². The Labute approximate surface area is 75.9 Å². The molecule has 0 aromatic heterocycles. The highest BCUT2D eigenvalue weighted by atomic mass is 14.9. The van der Waals surface area contributed by atoms with E-state index in [9.17, 15) is 0 Å². The van der Waals surface area contributed by atoms with Crippen LogP contribution in [0.5, 0.6) is 0 Å². The SMILES string of the molecule is C#CCCC1CCCC1NCC. The van der Waals surface area contributed by atoms with Crippen molar-refractivity contribution >= 4 is 0 Å². The molecule has 0 aliphatic heterocycles. The van der Waals surface area contributed by atoms with Gasteiger partial charge >= 0.3 is 0 Å². The zero-order valence-electron chi connectivity index (χ0n) is 7.97. The van der Waals surface area contributed by atoms with Gasteiger partial charge in [0.1, 0.15) is 0 Å². The second-order valence-electron chi connectivity index (χ2n) is 3.60. The summed E-state index contributed by atoms with van der Waals surface area (Å²) in [6, 6.07) is 0.753. The molecular weight excluding hydrogens is 146 g/mol. The van der Waals surface area contributed by atoms with Gasteiger partial charge in [0.25, 0.3) is 0 Å². The van der Waals surface area contributed by atoms with Gasteiger partial charge in [-0.1, -0.05) is 13.3 Å². The molecule has 0 radical (unpaired) electrons. The van der Waals surface area contributed by atoms with Crippen molar-refractivity contribution in [3.05, 3.63) is 0 Å². The lowest BCUT2D eigenvalue weighted by molar-refractivity contribution is 0.390. The highest BCUT2D eigenvalue weighted by molar-refractivity contribution is 4.89. The average Bonchev–Trinajstić information content (AvgIpc) is 2.50. The van der Waals surface area contributed by atoms with Gasteiger partial charge < -0.3 is 5.32 Å². The standard InChI is InChI=1S/C11H19N/c1-3-5-7-10-8-6-9-11(10)12-4-2/h1,10-12H,4-9H2,2H3. The van der Waals surface area contributed by atoms with Gasteiger partial charge in [-0.15, -0.1) is 12.3 Å². The second-order valence-corrected chi connectivity index (χ2v) is 3.60. The van der Waals surface area contributed by atoms with Crippen molar-refractivity contribution in [2.75, 3.05) is 6.54 Å². The maximum absolute atomic E-state index is 5.26. The first-order valence-electron chi connectivity index (χ1n) is 5.05. The van der Waals surface area contributed by atoms with Crippen LogP contribution in [0, 0.1) is 18.3 Å². The molecule has 0 aromatic carbocycles. The molecule has 1 fully saturated rings. The lowest BCUT2D eigenvalue weighted by Crippen LogP contribution is -2.31. The first-order chi connectivity index (χ1) is 5.88. The van der Waals surface area contributed by atoms with Crippen molar-refractivity contribution in [3.8, 4) is 12.3 Å². The molecule has 0 saturated heterocycles. The van der Waals surface area contributed by atoms with Crippen molar-refractivity contribution in [3.63, 3.8) is 0 Å². The molecule has 1 aliphatic rings. The summed E-state index contributed by atoms with van der Waals surface area (Å²) in [7, 11) is 0. The number of nitrogens with one attached hydrogen (secondary N) is 1. The zero-order valence-corrected chi connectivity index (χ0v) is 7.97. The van der Waals surface area contributed by atoms with Crippen LogP contribution >= 0.6 is 0 Å². The van der Waals surface area contributed by atoms with Gasteiger partial charge in [-0.05, 0) is 31.7 Å². The summed E-state index contributed by atoms with van der Waals surface area (Å²) in [4.78, 5) is 0. The van der Waals surface area contributed by atoms with Crippen LogP contribution in [0.3, 0.4) is 0 Å². The Morgan fingerprint density at radius 1 is 1.50 bits per heavy atom. The van der Waals surface area contributed by atoms with Crippen LogP contribution in [0.4, 0.5) is 0 Å². The normalized spacial score (nSPS) is 28.7. The maximum atomic E-state index is 5.26. The van der Waals surface area contributed by atoms with Crippen molar-refractivity contribution in [2.45, 2.75) is 45.1 Å². The van der Waals surface area contributed by atoms with E-state index in [1.54, 1.807) is 0 Å². The quantitative estimate of drug-likeness (QED) is 0.630. The molecule has 1 heteroatoms. The number of hydrogen-bond acceptors (Lipinski definition) is 1. The molecule has 0 bridgehead atoms. The van der Waals surface area contributed by atoms with E-state index in [1.807, 2.05) is 0 Å². The molecule has 68 valence electrons. The summed E-state index contributed by atoms with van der Waals surface area (Å²) in [5.41, 5.74) is 0. The van der Waals surface area contributed by atoms with Crippen LogP contribution in [0.25, 0.3) is 0 Å². The summed E-state index contributed by atoms with van der Waals surface area (Å²) in [6.07, 6.45) is 11.5. The van der Waals surface area contributed by atoms with Crippen molar-refractivity contribution < 1.29 is 0 Å². The maximum Gasteiger partial charge on any atom is 0.00955 e. The van der Waals surface area contributed by atoms with Gasteiger partial charge in [0, 0.05) is 12.5 Å². The Bertz CT molecular complexity index is 157. The topological polar surface area (TPSA) is 12.0 Å². The average molecular weight is 165 g/mol. The minimum Gasteiger partial charge on any atom is -0.314 e. The minimum atomic E-state index is 0.753. The first-order valence-corrected chi connectivity index (χ1v) is 5.05. The van der Waals surface area contributed by atoms with Crippen molar-refractivity contribution in [1.29, 1.82) is 0 Å². The molecule has 0 amide bonds. The van der Waals surface area contributed by atoms with E-state index in [2.05, 4.69) is 18.2 Å². The van der Waals surface area contributed by atoms with Gasteiger partial charge in [-0.25, -0.2) is 0 Å². The predicted molar refractivity (Wildman–Crippen MR) is 52.9 cm³/mol. The Balaban J connectivity index is 2.26. The number of hydrogen-bond donors (Lipinski definition) is 1. The summed E-state index contributed by atoms with van der Waals surface area (Å²) < 4.78 is 0. The fraction of sp³-hybridized carbons (Fsp3) is 0.818. The van der Waals surface area contributed by atoms with E-state index in [-0.39, 0.29) is 0 Å². The summed E-state index contributed by atoms with van der Waals surface area (Å²) in [5.74, 6) is 3.58. The predicted octanol–water partition coefficient (Wildman–Crippen LogP) is 2.18. The largest absolute Gasteiger partial charge is 0.314 e. The molecule has 1 N–H and O–H groups in total. The Morgan fingerprint density at radius 2 is 2.33 bits per heavy atom. The lowest BCUT2D eigenvalue weighted by Gasteiger charge is -2.19. The van der Waals surface area contributed by atoms with E-state index in [1.165, 1.54) is 25.7 Å². The Morgan fingerprint density at radius 3 is 3.00 bits per heavy atom. The molecular formula is C11H19N. The molecule has 2 atom stereocenters. The van der Waals surface area contributed by atoms with Gasteiger partial charge in [0.05, 0.1) is 0 Å². The van der Waals surface area contributed by atoms with Crippen LogP contribution < -0.4 is 5.32 Å². The highest BCUT2D eigenvalue weighted by Gasteiger charge is 2.25. The Kier molecular flexibility index (Phi) is 4.18. The fourth-order valence-electron chi connectivity index (χ4n) is 2.18. The van der Waals surface area contributed by atoms with Crippen LogP contribution in [0.1, 0.15) is 39.0 Å². The molecule has 1 rings (SSSR count). The smallest absolute Gasteiger partial charge is 0.00955 e. The molecule has 12 heavy (non-hydrogen) atoms. The van der Waals surface area contributed by atoms with Crippen LogP contribution in [-0.4, -0.2) is 12.6 Å². The molecule has 1 nitrogen and oxygen atoms in total. The first kappa shape index (κ1) is 9.61. The van der Waals surface area contributed by atoms with E-state index in [4.69, 9.17) is 6.42 Å². The van der Waals surface area contributed by atoms with Gasteiger partial charge in [0.2, 0.25) is 0 Å². The molecule has 0 heterocycles. The van der Waals surface area contributed by atoms with E-state index >= 15 is 0 Å². The third-order valence-corrected chi connectivity index (χ3v) is 2.78. The van der Waals surface area contributed by atoms with E-state index < -0.39 is 0 Å². The van der Waals surface area contributed by atoms with Gasteiger partial charge in [-0.2, -0.15) is 0 Å². The third kappa shape index (κ3) is 2.53. The lowest BCUT2D eigenvalue weighted by atomic mass is 9.98. The highest BCUT2D eigenvalue weighted by Crippen LogP contribution is 2.28. The summed E-state index contributed by atoms with van der Waals surface area (Å²) >= 11 is 0.